The summed E-state index contributed by atoms with van der Waals surface area (Å²) in [5.41, 5.74) is 0.911. The number of anilines is 2. The van der Waals surface area contributed by atoms with Crippen molar-refractivity contribution in [1.29, 1.82) is 0 Å². The number of rotatable bonds is 2. The Morgan fingerprint density at radius 2 is 1.59 bits per heavy atom. The van der Waals surface area contributed by atoms with Gasteiger partial charge in [0.25, 0.3) is 0 Å². The van der Waals surface area contributed by atoms with Gasteiger partial charge in [-0.3, -0.25) is 0 Å². The maximum absolute atomic E-state index is 4.51. The van der Waals surface area contributed by atoms with Crippen molar-refractivity contribution in [2.75, 3.05) is 36.0 Å². The predicted molar refractivity (Wildman–Crippen MR) is 84.2 cm³/mol. The molecule has 1 fully saturated rings. The van der Waals surface area contributed by atoms with Crippen LogP contribution in [0.15, 0.2) is 37.1 Å². The van der Waals surface area contributed by atoms with Crippen molar-refractivity contribution in [2.45, 2.75) is 6.92 Å². The summed E-state index contributed by atoms with van der Waals surface area (Å²) in [7, 11) is 0. The third-order valence-corrected chi connectivity index (χ3v) is 3.96. The second-order valence-electron chi connectivity index (χ2n) is 5.35. The number of hydrogen-bond acceptors (Lipinski definition) is 6. The minimum absolute atomic E-state index is 0.809. The summed E-state index contributed by atoms with van der Waals surface area (Å²) < 4.78 is 2.00. The van der Waals surface area contributed by atoms with Crippen molar-refractivity contribution in [3.8, 4) is 0 Å². The lowest BCUT2D eigenvalue weighted by Gasteiger charge is -2.36. The molecule has 4 heterocycles. The Hall–Kier alpha value is -2.70. The van der Waals surface area contributed by atoms with E-state index in [1.807, 2.05) is 42.2 Å². The van der Waals surface area contributed by atoms with Crippen LogP contribution in [0, 0.1) is 6.92 Å². The molecular formula is C15H17N7. The van der Waals surface area contributed by atoms with E-state index in [9.17, 15) is 0 Å². The normalized spacial score (nSPS) is 15.5. The maximum Gasteiger partial charge on any atom is 0.180 e. The Morgan fingerprint density at radius 1 is 0.864 bits per heavy atom. The van der Waals surface area contributed by atoms with Gasteiger partial charge in [-0.15, -0.1) is 0 Å². The first kappa shape index (κ1) is 13.0. The number of piperazine rings is 1. The zero-order chi connectivity index (χ0) is 14.9. The van der Waals surface area contributed by atoms with E-state index in [4.69, 9.17) is 0 Å². The van der Waals surface area contributed by atoms with E-state index in [-0.39, 0.29) is 0 Å². The molecule has 0 aromatic carbocycles. The topological polar surface area (TPSA) is 62.5 Å². The SMILES string of the molecule is Cc1nccc(N2CCN(c3nccn4ccnc34)CC2)n1. The highest BCUT2D eigenvalue weighted by Gasteiger charge is 2.21. The van der Waals surface area contributed by atoms with Crippen molar-refractivity contribution in [2.24, 2.45) is 0 Å². The van der Waals surface area contributed by atoms with Crippen LogP contribution in [0.4, 0.5) is 11.6 Å². The molecule has 112 valence electrons. The summed E-state index contributed by atoms with van der Waals surface area (Å²) in [5, 5.41) is 0. The summed E-state index contributed by atoms with van der Waals surface area (Å²) in [6.07, 6.45) is 9.31. The first-order valence-corrected chi connectivity index (χ1v) is 7.38. The Morgan fingerprint density at radius 3 is 2.36 bits per heavy atom. The Labute approximate surface area is 128 Å². The molecule has 0 unspecified atom stereocenters. The van der Waals surface area contributed by atoms with E-state index in [2.05, 4.69) is 29.7 Å². The number of aromatic nitrogens is 5. The molecule has 22 heavy (non-hydrogen) atoms. The van der Waals surface area contributed by atoms with E-state index in [1.54, 1.807) is 6.20 Å². The fourth-order valence-electron chi connectivity index (χ4n) is 2.83. The van der Waals surface area contributed by atoms with Crippen LogP contribution >= 0.6 is 0 Å². The number of fused-ring (bicyclic) bond motifs is 1. The molecule has 0 aliphatic carbocycles. The van der Waals surface area contributed by atoms with Crippen LogP contribution in [0.2, 0.25) is 0 Å². The number of imidazole rings is 1. The van der Waals surface area contributed by atoms with Crippen LogP contribution in [0.5, 0.6) is 0 Å². The number of aryl methyl sites for hydroxylation is 1. The van der Waals surface area contributed by atoms with Crippen LogP contribution in [0.1, 0.15) is 5.82 Å². The minimum Gasteiger partial charge on any atom is -0.353 e. The monoisotopic (exact) mass is 295 g/mol. The molecule has 1 saturated heterocycles. The second kappa shape index (κ2) is 5.25. The Kier molecular flexibility index (Phi) is 3.10. The molecule has 4 rings (SSSR count). The lowest BCUT2D eigenvalue weighted by atomic mass is 10.3. The van der Waals surface area contributed by atoms with Crippen molar-refractivity contribution < 1.29 is 0 Å². The summed E-state index contributed by atoms with van der Waals surface area (Å²) in [5.74, 6) is 2.76. The minimum atomic E-state index is 0.809. The molecule has 3 aromatic heterocycles. The molecule has 1 aliphatic heterocycles. The van der Waals surface area contributed by atoms with Crippen molar-refractivity contribution >= 4 is 17.3 Å². The molecule has 0 amide bonds. The summed E-state index contributed by atoms with van der Waals surface area (Å²) in [6, 6.07) is 1.97. The lowest BCUT2D eigenvalue weighted by molar-refractivity contribution is 0.640. The van der Waals surface area contributed by atoms with E-state index >= 15 is 0 Å². The summed E-state index contributed by atoms with van der Waals surface area (Å²) in [4.78, 5) is 22.2. The largest absolute Gasteiger partial charge is 0.353 e. The first-order chi connectivity index (χ1) is 10.8. The predicted octanol–water partition coefficient (Wildman–Crippen LogP) is 1.15. The van der Waals surface area contributed by atoms with Crippen molar-refractivity contribution in [3.63, 3.8) is 0 Å². The molecule has 0 bridgehead atoms. The third-order valence-electron chi connectivity index (χ3n) is 3.96. The van der Waals surface area contributed by atoms with Crippen LogP contribution in [-0.2, 0) is 0 Å². The zero-order valence-electron chi connectivity index (χ0n) is 12.4. The van der Waals surface area contributed by atoms with Crippen LogP contribution in [0.25, 0.3) is 5.65 Å². The van der Waals surface area contributed by atoms with Gasteiger partial charge in [0.15, 0.2) is 11.5 Å². The van der Waals surface area contributed by atoms with Crippen LogP contribution < -0.4 is 9.80 Å². The molecule has 1 aliphatic rings. The second-order valence-corrected chi connectivity index (χ2v) is 5.35. The Bertz CT molecular complexity index is 789. The molecule has 7 heteroatoms. The van der Waals surface area contributed by atoms with Gasteiger partial charge in [-0.2, -0.15) is 0 Å². The van der Waals surface area contributed by atoms with Gasteiger partial charge in [0.05, 0.1) is 0 Å². The van der Waals surface area contributed by atoms with Gasteiger partial charge in [-0.1, -0.05) is 0 Å². The average Bonchev–Trinajstić information content (AvgIpc) is 3.04. The van der Waals surface area contributed by atoms with E-state index in [0.717, 1.165) is 49.3 Å². The molecule has 7 nitrogen and oxygen atoms in total. The van der Waals surface area contributed by atoms with E-state index in [1.165, 1.54) is 0 Å². The molecular weight excluding hydrogens is 278 g/mol. The molecule has 0 N–H and O–H groups in total. The van der Waals surface area contributed by atoms with E-state index < -0.39 is 0 Å². The highest BCUT2D eigenvalue weighted by atomic mass is 15.3. The molecule has 0 radical (unpaired) electrons. The quantitative estimate of drug-likeness (QED) is 0.707. The highest BCUT2D eigenvalue weighted by Crippen LogP contribution is 2.20. The van der Waals surface area contributed by atoms with Gasteiger partial charge in [-0.25, -0.2) is 19.9 Å². The van der Waals surface area contributed by atoms with Crippen LogP contribution in [0.3, 0.4) is 0 Å². The number of hydrogen-bond donors (Lipinski definition) is 0. The van der Waals surface area contributed by atoms with Crippen molar-refractivity contribution in [3.05, 3.63) is 42.9 Å². The van der Waals surface area contributed by atoms with Gasteiger partial charge in [0.1, 0.15) is 11.6 Å². The molecule has 0 saturated carbocycles. The highest BCUT2D eigenvalue weighted by molar-refractivity contribution is 5.64. The smallest absolute Gasteiger partial charge is 0.180 e. The van der Waals surface area contributed by atoms with Gasteiger partial charge < -0.3 is 14.2 Å². The molecule has 0 atom stereocenters. The average molecular weight is 295 g/mol. The molecule has 0 spiro atoms. The summed E-state index contributed by atoms with van der Waals surface area (Å²) >= 11 is 0. The van der Waals surface area contributed by atoms with Gasteiger partial charge in [0, 0.05) is 57.2 Å². The lowest BCUT2D eigenvalue weighted by Crippen LogP contribution is -2.47. The van der Waals surface area contributed by atoms with Gasteiger partial charge >= 0.3 is 0 Å². The van der Waals surface area contributed by atoms with Crippen molar-refractivity contribution in [1.82, 2.24) is 24.3 Å². The maximum atomic E-state index is 4.51. The fraction of sp³-hybridized carbons (Fsp3) is 0.333. The first-order valence-electron chi connectivity index (χ1n) is 7.38. The van der Waals surface area contributed by atoms with E-state index in [0.29, 0.717) is 0 Å². The van der Waals surface area contributed by atoms with Crippen LogP contribution in [-0.4, -0.2) is 50.5 Å². The summed E-state index contributed by atoms with van der Waals surface area (Å²) in [6.45, 7) is 5.56. The third kappa shape index (κ3) is 2.24. The number of nitrogens with zero attached hydrogens (tertiary/aromatic N) is 7. The fourth-order valence-corrected chi connectivity index (χ4v) is 2.83. The van der Waals surface area contributed by atoms with Gasteiger partial charge in [-0.05, 0) is 13.0 Å². The Balaban J connectivity index is 1.53. The zero-order valence-corrected chi connectivity index (χ0v) is 12.4. The molecule has 3 aromatic rings. The standard InChI is InChI=1S/C15H17N7/c1-12-16-3-2-13(19-12)20-8-10-22(11-9-20)15-14-17-4-6-21(14)7-5-18-15/h2-7H,8-11H2,1H3. The van der Waals surface area contributed by atoms with Gasteiger partial charge in [0.2, 0.25) is 0 Å².